The zero-order valence-corrected chi connectivity index (χ0v) is 14.6. The van der Waals surface area contributed by atoms with Crippen molar-refractivity contribution in [2.75, 3.05) is 0 Å². The third-order valence-electron chi connectivity index (χ3n) is 3.43. The Morgan fingerprint density at radius 3 is 2.76 bits per heavy atom. The zero-order chi connectivity index (χ0) is 15.0. The van der Waals surface area contributed by atoms with Crippen LogP contribution in [-0.4, -0.2) is 4.98 Å². The van der Waals surface area contributed by atoms with Crippen LogP contribution in [0.15, 0.2) is 39.4 Å². The summed E-state index contributed by atoms with van der Waals surface area (Å²) in [4.78, 5) is 5.67. The first-order valence-corrected chi connectivity index (χ1v) is 8.51. The topological polar surface area (TPSA) is 38.1 Å². The maximum Gasteiger partial charge on any atom is 0.134 e. The third-order valence-corrected chi connectivity index (χ3v) is 5.02. The van der Waals surface area contributed by atoms with E-state index in [0.717, 1.165) is 26.2 Å². The van der Waals surface area contributed by atoms with Gasteiger partial charge in [0.2, 0.25) is 0 Å². The highest BCUT2D eigenvalue weighted by Gasteiger charge is 2.17. The molecule has 3 nitrogen and oxygen atoms in total. The molecule has 0 radical (unpaired) electrons. The quantitative estimate of drug-likeness (QED) is 0.675. The normalized spacial score (nSPS) is 14.5. The van der Waals surface area contributed by atoms with Crippen molar-refractivity contribution < 1.29 is 4.42 Å². The Morgan fingerprint density at radius 1 is 1.24 bits per heavy atom. The monoisotopic (exact) mass is 364 g/mol. The summed E-state index contributed by atoms with van der Waals surface area (Å²) < 4.78 is 6.99. The number of benzene rings is 1. The van der Waals surface area contributed by atoms with Crippen molar-refractivity contribution in [3.63, 3.8) is 0 Å². The number of aryl methyl sites for hydroxylation is 1. The lowest BCUT2D eigenvalue weighted by Gasteiger charge is -2.16. The molecule has 0 spiro atoms. The van der Waals surface area contributed by atoms with E-state index in [1.54, 1.807) is 11.3 Å². The van der Waals surface area contributed by atoms with Crippen LogP contribution in [0, 0.1) is 6.92 Å². The lowest BCUT2D eigenvalue weighted by molar-refractivity contribution is 0.416. The molecule has 2 aromatic heterocycles. The Bertz CT molecular complexity index is 765. The highest BCUT2D eigenvalue weighted by molar-refractivity contribution is 9.10. The van der Waals surface area contributed by atoms with E-state index in [1.165, 1.54) is 4.88 Å². The molecule has 0 saturated carbocycles. The number of fused-ring (bicyclic) bond motifs is 1. The predicted molar refractivity (Wildman–Crippen MR) is 90.7 cm³/mol. The van der Waals surface area contributed by atoms with Crippen LogP contribution in [0.2, 0.25) is 0 Å². The summed E-state index contributed by atoms with van der Waals surface area (Å²) in [5.74, 6) is 0.947. The Labute approximate surface area is 136 Å². The van der Waals surface area contributed by atoms with E-state index in [4.69, 9.17) is 4.42 Å². The number of hydrogen-bond donors (Lipinski definition) is 1. The molecule has 3 aromatic rings. The van der Waals surface area contributed by atoms with Crippen molar-refractivity contribution in [2.24, 2.45) is 0 Å². The Balaban J connectivity index is 1.78. The average molecular weight is 365 g/mol. The summed E-state index contributed by atoms with van der Waals surface area (Å²) in [5, 5.41) is 5.77. The fraction of sp³-hybridized carbons (Fsp3) is 0.312. The number of hydrogen-bond acceptors (Lipinski definition) is 4. The molecular weight excluding hydrogens is 348 g/mol. The van der Waals surface area contributed by atoms with Crippen molar-refractivity contribution in [3.8, 4) is 0 Å². The van der Waals surface area contributed by atoms with Crippen LogP contribution in [0.5, 0.6) is 0 Å². The van der Waals surface area contributed by atoms with Gasteiger partial charge in [-0.25, -0.2) is 4.98 Å². The number of nitrogens with one attached hydrogen (secondary N) is 1. The molecule has 3 rings (SSSR count). The molecule has 0 amide bonds. The lowest BCUT2D eigenvalue weighted by atomic mass is 10.2. The molecule has 0 aliphatic rings. The molecule has 0 fully saturated rings. The average Bonchev–Trinajstić information content (AvgIpc) is 3.04. The number of aromatic nitrogens is 1. The SMILES string of the molecule is Cc1cnc(C(C)NC(C)c2cc3cc(Br)ccc3o2)s1. The molecule has 110 valence electrons. The molecule has 0 aliphatic heterocycles. The van der Waals surface area contributed by atoms with Gasteiger partial charge in [-0.3, -0.25) is 5.32 Å². The van der Waals surface area contributed by atoms with E-state index < -0.39 is 0 Å². The van der Waals surface area contributed by atoms with Gasteiger partial charge < -0.3 is 4.42 Å². The van der Waals surface area contributed by atoms with E-state index in [9.17, 15) is 0 Å². The van der Waals surface area contributed by atoms with Crippen LogP contribution >= 0.6 is 27.3 Å². The van der Waals surface area contributed by atoms with Crippen molar-refractivity contribution >= 4 is 38.2 Å². The van der Waals surface area contributed by atoms with Gasteiger partial charge in [0, 0.05) is 20.9 Å². The largest absolute Gasteiger partial charge is 0.459 e. The molecule has 2 heterocycles. The van der Waals surface area contributed by atoms with Gasteiger partial charge >= 0.3 is 0 Å². The summed E-state index contributed by atoms with van der Waals surface area (Å²) in [5.41, 5.74) is 0.916. The van der Waals surface area contributed by atoms with Gasteiger partial charge in [0.25, 0.3) is 0 Å². The highest BCUT2D eigenvalue weighted by atomic mass is 79.9. The van der Waals surface area contributed by atoms with Gasteiger partial charge in [-0.1, -0.05) is 15.9 Å². The summed E-state index contributed by atoms with van der Waals surface area (Å²) in [6.45, 7) is 6.33. The summed E-state index contributed by atoms with van der Waals surface area (Å²) in [7, 11) is 0. The predicted octanol–water partition coefficient (Wildman–Crippen LogP) is 5.37. The van der Waals surface area contributed by atoms with Gasteiger partial charge in [-0.2, -0.15) is 0 Å². The van der Waals surface area contributed by atoms with Crippen LogP contribution in [0.1, 0.15) is 41.6 Å². The first-order valence-electron chi connectivity index (χ1n) is 6.90. The van der Waals surface area contributed by atoms with Crippen molar-refractivity contribution in [1.82, 2.24) is 10.3 Å². The minimum Gasteiger partial charge on any atom is -0.459 e. The first-order chi connectivity index (χ1) is 10.0. The highest BCUT2D eigenvalue weighted by Crippen LogP contribution is 2.28. The molecule has 21 heavy (non-hydrogen) atoms. The summed E-state index contributed by atoms with van der Waals surface area (Å²) >= 11 is 5.22. The molecule has 2 unspecified atom stereocenters. The smallest absolute Gasteiger partial charge is 0.134 e. The Morgan fingerprint density at radius 2 is 2.05 bits per heavy atom. The molecule has 1 aromatic carbocycles. The first kappa shape index (κ1) is 14.8. The fourth-order valence-corrected chi connectivity index (χ4v) is 3.51. The van der Waals surface area contributed by atoms with Crippen molar-refractivity contribution in [3.05, 3.63) is 50.6 Å². The number of nitrogens with zero attached hydrogens (tertiary/aromatic N) is 1. The van der Waals surface area contributed by atoms with Gasteiger partial charge in [-0.15, -0.1) is 11.3 Å². The molecular formula is C16H17BrN2OS. The van der Waals surface area contributed by atoms with E-state index in [1.807, 2.05) is 18.3 Å². The maximum absolute atomic E-state index is 5.93. The number of furan rings is 1. The van der Waals surface area contributed by atoms with Gasteiger partial charge in [0.1, 0.15) is 16.4 Å². The molecule has 2 atom stereocenters. The molecule has 5 heteroatoms. The second kappa shape index (κ2) is 5.91. The molecule has 0 aliphatic carbocycles. The molecule has 0 bridgehead atoms. The number of rotatable bonds is 4. The summed E-state index contributed by atoms with van der Waals surface area (Å²) in [6.07, 6.45) is 1.92. The van der Waals surface area contributed by atoms with Crippen LogP contribution in [0.4, 0.5) is 0 Å². The third kappa shape index (κ3) is 3.20. The molecule has 0 saturated heterocycles. The van der Waals surface area contributed by atoms with Crippen LogP contribution in [0.25, 0.3) is 11.0 Å². The zero-order valence-electron chi connectivity index (χ0n) is 12.2. The van der Waals surface area contributed by atoms with Gasteiger partial charge in [-0.05, 0) is 45.0 Å². The van der Waals surface area contributed by atoms with E-state index in [2.05, 4.69) is 59.1 Å². The Hall–Kier alpha value is -1.17. The van der Waals surface area contributed by atoms with Crippen molar-refractivity contribution in [2.45, 2.75) is 32.9 Å². The maximum atomic E-state index is 5.93. The second-order valence-corrected chi connectivity index (χ2v) is 7.43. The van der Waals surface area contributed by atoms with E-state index >= 15 is 0 Å². The van der Waals surface area contributed by atoms with Crippen LogP contribution in [-0.2, 0) is 0 Å². The van der Waals surface area contributed by atoms with Crippen molar-refractivity contribution in [1.29, 1.82) is 0 Å². The van der Waals surface area contributed by atoms with E-state index in [-0.39, 0.29) is 12.1 Å². The number of thiazole rings is 1. The van der Waals surface area contributed by atoms with Gasteiger partial charge in [0.05, 0.1) is 12.1 Å². The fourth-order valence-electron chi connectivity index (χ4n) is 2.35. The van der Waals surface area contributed by atoms with Gasteiger partial charge in [0.15, 0.2) is 0 Å². The Kier molecular flexibility index (Phi) is 4.15. The van der Waals surface area contributed by atoms with Crippen LogP contribution < -0.4 is 5.32 Å². The van der Waals surface area contributed by atoms with Crippen LogP contribution in [0.3, 0.4) is 0 Å². The standard InChI is InChI=1S/C16H17BrN2OS/c1-9-8-18-16(21-9)11(3)19-10(2)15-7-12-6-13(17)4-5-14(12)20-15/h4-8,10-11,19H,1-3H3. The minimum atomic E-state index is 0.135. The summed E-state index contributed by atoms with van der Waals surface area (Å²) in [6, 6.07) is 8.49. The molecule has 1 N–H and O–H groups in total. The van der Waals surface area contributed by atoms with E-state index in [0.29, 0.717) is 0 Å². The lowest BCUT2D eigenvalue weighted by Crippen LogP contribution is -2.21. The second-order valence-electron chi connectivity index (χ2n) is 5.25. The number of halogens is 1. The minimum absolute atomic E-state index is 0.135.